The zero-order valence-corrected chi connectivity index (χ0v) is 18.4. The van der Waals surface area contributed by atoms with Crippen molar-refractivity contribution in [1.29, 1.82) is 0 Å². The first-order chi connectivity index (χ1) is 13.7. The van der Waals surface area contributed by atoms with E-state index in [2.05, 4.69) is 57.4 Å². The van der Waals surface area contributed by atoms with Gasteiger partial charge in [-0.2, -0.15) is 0 Å². The van der Waals surface area contributed by atoms with Crippen molar-refractivity contribution in [3.8, 4) is 0 Å². The molecule has 29 heavy (non-hydrogen) atoms. The molecule has 156 valence electrons. The van der Waals surface area contributed by atoms with Gasteiger partial charge in [-0.05, 0) is 77.9 Å². The summed E-state index contributed by atoms with van der Waals surface area (Å²) < 4.78 is 5.92. The minimum atomic E-state index is -0.116. The van der Waals surface area contributed by atoms with Crippen LogP contribution in [0.2, 0.25) is 0 Å². The zero-order chi connectivity index (χ0) is 20.8. The highest BCUT2D eigenvalue weighted by molar-refractivity contribution is 5.91. The van der Waals surface area contributed by atoms with E-state index >= 15 is 0 Å². The second-order valence-electron chi connectivity index (χ2n) is 10.2. The molecule has 0 radical (unpaired) electrons. The number of aryl methyl sites for hydroxylation is 1. The molecule has 1 aromatic heterocycles. The molecule has 1 unspecified atom stereocenters. The van der Waals surface area contributed by atoms with Crippen LogP contribution in [0.5, 0.6) is 0 Å². The lowest BCUT2D eigenvalue weighted by molar-refractivity contribution is 0.0910. The third-order valence-electron chi connectivity index (χ3n) is 6.96. The molecule has 4 rings (SSSR count). The van der Waals surface area contributed by atoms with E-state index in [1.165, 1.54) is 35.1 Å². The molecule has 1 atom stereocenters. The van der Waals surface area contributed by atoms with E-state index in [-0.39, 0.29) is 22.8 Å². The molecule has 0 bridgehead atoms. The van der Waals surface area contributed by atoms with Gasteiger partial charge in [0.05, 0.1) is 0 Å². The number of amides is 1. The molecule has 1 aliphatic heterocycles. The summed E-state index contributed by atoms with van der Waals surface area (Å²) in [6.07, 6.45) is 4.11. The number of furan rings is 1. The van der Waals surface area contributed by atoms with Crippen LogP contribution < -0.4 is 10.6 Å². The number of benzene rings is 1. The Kier molecular flexibility index (Phi) is 5.10. The summed E-state index contributed by atoms with van der Waals surface area (Å²) in [5.41, 5.74) is 5.95. The number of fused-ring (bicyclic) bond motifs is 1. The molecule has 2 aliphatic rings. The fraction of sp³-hybridized carbons (Fsp3) is 0.560. The molecule has 2 N–H and O–H groups in total. The van der Waals surface area contributed by atoms with Crippen molar-refractivity contribution in [3.63, 3.8) is 0 Å². The molecular weight excluding hydrogens is 360 g/mol. The average Bonchev–Trinajstić information content (AvgIpc) is 3.32. The minimum Gasteiger partial charge on any atom is -0.456 e. The molecule has 2 aromatic rings. The molecule has 1 aliphatic carbocycles. The van der Waals surface area contributed by atoms with Gasteiger partial charge in [-0.25, -0.2) is 0 Å². The highest BCUT2D eigenvalue weighted by atomic mass is 16.3. The van der Waals surface area contributed by atoms with Crippen LogP contribution in [0.3, 0.4) is 0 Å². The number of nitrogens with one attached hydrogen (secondary N) is 2. The maximum atomic E-state index is 12.4. The number of rotatable bonds is 4. The lowest BCUT2D eigenvalue weighted by Gasteiger charge is -2.42. The molecule has 4 nitrogen and oxygen atoms in total. The number of carbonyl (C=O) groups excluding carboxylic acids is 1. The first kappa shape index (κ1) is 20.2. The van der Waals surface area contributed by atoms with Crippen molar-refractivity contribution in [2.24, 2.45) is 0 Å². The Morgan fingerprint density at radius 2 is 1.83 bits per heavy atom. The van der Waals surface area contributed by atoms with Gasteiger partial charge in [0.15, 0.2) is 5.76 Å². The highest BCUT2D eigenvalue weighted by Crippen LogP contribution is 2.46. The Balaban J connectivity index is 1.56. The maximum Gasteiger partial charge on any atom is 0.287 e. The van der Waals surface area contributed by atoms with Crippen LogP contribution in [0.15, 0.2) is 28.7 Å². The van der Waals surface area contributed by atoms with Crippen molar-refractivity contribution in [2.45, 2.75) is 77.2 Å². The summed E-state index contributed by atoms with van der Waals surface area (Å²) in [5, 5.41) is 6.31. The van der Waals surface area contributed by atoms with Gasteiger partial charge in [-0.15, -0.1) is 0 Å². The lowest BCUT2D eigenvalue weighted by atomic mass is 9.62. The van der Waals surface area contributed by atoms with Gasteiger partial charge >= 0.3 is 0 Å². The molecule has 2 heterocycles. The molecule has 1 fully saturated rings. The van der Waals surface area contributed by atoms with Crippen molar-refractivity contribution < 1.29 is 9.21 Å². The third kappa shape index (κ3) is 4.00. The van der Waals surface area contributed by atoms with Crippen LogP contribution in [0.1, 0.15) is 85.5 Å². The largest absolute Gasteiger partial charge is 0.456 e. The van der Waals surface area contributed by atoms with Crippen LogP contribution in [-0.4, -0.2) is 25.0 Å². The van der Waals surface area contributed by atoms with Crippen molar-refractivity contribution in [2.75, 3.05) is 13.1 Å². The van der Waals surface area contributed by atoms with Gasteiger partial charge in [0.1, 0.15) is 5.76 Å². The Morgan fingerprint density at radius 3 is 2.48 bits per heavy atom. The zero-order valence-electron chi connectivity index (χ0n) is 18.4. The Hall–Kier alpha value is -2.07. The van der Waals surface area contributed by atoms with Gasteiger partial charge in [0.25, 0.3) is 5.91 Å². The first-order valence-electron chi connectivity index (χ1n) is 10.9. The second-order valence-corrected chi connectivity index (χ2v) is 10.2. The van der Waals surface area contributed by atoms with Crippen LogP contribution in [0.4, 0.5) is 0 Å². The second kappa shape index (κ2) is 7.32. The molecule has 1 amide bonds. The summed E-state index contributed by atoms with van der Waals surface area (Å²) in [5.74, 6) is 1.13. The van der Waals surface area contributed by atoms with Crippen LogP contribution >= 0.6 is 0 Å². The van der Waals surface area contributed by atoms with E-state index in [0.717, 1.165) is 25.3 Å². The minimum absolute atomic E-state index is 0.116. The van der Waals surface area contributed by atoms with Gasteiger partial charge in [-0.3, -0.25) is 4.79 Å². The maximum absolute atomic E-state index is 12.4. The summed E-state index contributed by atoms with van der Waals surface area (Å²) in [7, 11) is 0. The van der Waals surface area contributed by atoms with Gasteiger partial charge in [0, 0.05) is 19.0 Å². The standard InChI is InChI=1S/C25H34N2O2/c1-16-12-20-21(25(4,5)10-9-24(20,2)3)14-17(16)13-19-6-7-22(29-19)23(28)27-18-8-11-26-15-18/h6-7,12,14,18,26H,8-11,13,15H2,1-5H3,(H,27,28). The number of carbonyl (C=O) groups is 1. The van der Waals surface area contributed by atoms with Crippen LogP contribution in [-0.2, 0) is 17.3 Å². The molecule has 0 spiro atoms. The van der Waals surface area contributed by atoms with E-state index in [1.54, 1.807) is 6.07 Å². The topological polar surface area (TPSA) is 54.3 Å². The van der Waals surface area contributed by atoms with E-state index in [9.17, 15) is 4.79 Å². The highest BCUT2D eigenvalue weighted by Gasteiger charge is 2.37. The van der Waals surface area contributed by atoms with E-state index in [4.69, 9.17) is 4.42 Å². The molecule has 1 aromatic carbocycles. The normalized spacial score (nSPS) is 22.3. The van der Waals surface area contributed by atoms with Crippen molar-refractivity contribution >= 4 is 5.91 Å². The van der Waals surface area contributed by atoms with E-state index < -0.39 is 0 Å². The summed E-state index contributed by atoms with van der Waals surface area (Å²) in [6.45, 7) is 13.4. The summed E-state index contributed by atoms with van der Waals surface area (Å²) >= 11 is 0. The monoisotopic (exact) mass is 394 g/mol. The van der Waals surface area contributed by atoms with Gasteiger partial charge in [-0.1, -0.05) is 39.8 Å². The smallest absolute Gasteiger partial charge is 0.287 e. The van der Waals surface area contributed by atoms with Crippen molar-refractivity contribution in [1.82, 2.24) is 10.6 Å². The van der Waals surface area contributed by atoms with Gasteiger partial charge in [0.2, 0.25) is 0 Å². The molecular formula is C25H34N2O2. The van der Waals surface area contributed by atoms with Gasteiger partial charge < -0.3 is 15.1 Å². The van der Waals surface area contributed by atoms with Crippen molar-refractivity contribution in [3.05, 3.63) is 58.0 Å². The third-order valence-corrected chi connectivity index (χ3v) is 6.96. The number of hydrogen-bond donors (Lipinski definition) is 2. The van der Waals surface area contributed by atoms with E-state index in [1.807, 2.05) is 6.07 Å². The fourth-order valence-electron chi connectivity index (χ4n) is 4.77. The molecule has 1 saturated heterocycles. The summed E-state index contributed by atoms with van der Waals surface area (Å²) in [6, 6.07) is 8.71. The lowest BCUT2D eigenvalue weighted by Crippen LogP contribution is -2.35. The predicted octanol–water partition coefficient (Wildman–Crippen LogP) is 4.62. The predicted molar refractivity (Wildman–Crippen MR) is 117 cm³/mol. The number of hydrogen-bond acceptors (Lipinski definition) is 3. The fourth-order valence-corrected chi connectivity index (χ4v) is 4.77. The van der Waals surface area contributed by atoms with Crippen LogP contribution in [0.25, 0.3) is 0 Å². The van der Waals surface area contributed by atoms with E-state index in [0.29, 0.717) is 12.2 Å². The molecule has 4 heteroatoms. The quantitative estimate of drug-likeness (QED) is 0.796. The Morgan fingerprint density at radius 1 is 1.14 bits per heavy atom. The first-order valence-corrected chi connectivity index (χ1v) is 10.9. The Bertz CT molecular complexity index is 917. The molecule has 0 saturated carbocycles. The van der Waals surface area contributed by atoms with Crippen LogP contribution in [0, 0.1) is 6.92 Å². The average molecular weight is 395 g/mol. The summed E-state index contributed by atoms with van der Waals surface area (Å²) in [4.78, 5) is 12.4. The SMILES string of the molecule is Cc1cc2c(cc1Cc1ccc(C(=O)NC3CCNC3)o1)C(C)(C)CCC2(C)C. The Labute approximate surface area is 174 Å².